The number of hydrogen-bond acceptors (Lipinski definition) is 3. The largest absolute Gasteiger partial charge is 0.370 e. The number of imidazole rings is 1. The number of carbonyl (C=O) groups excluding carboxylic acids is 1. The molecule has 2 rings (SSSR count). The van der Waals surface area contributed by atoms with Crippen molar-refractivity contribution in [2.24, 2.45) is 5.73 Å². The number of pyridine rings is 1. The maximum absolute atomic E-state index is 11.3. The van der Waals surface area contributed by atoms with Crippen LogP contribution in [-0.4, -0.2) is 26.3 Å². The van der Waals surface area contributed by atoms with Crippen LogP contribution in [0.15, 0.2) is 12.3 Å². The third-order valence-corrected chi connectivity index (χ3v) is 3.42. The lowest BCUT2D eigenvalue weighted by molar-refractivity contribution is -0.119. The molecule has 2 N–H and O–H groups in total. The number of nitrogens with two attached hydrogens (primary N) is 1. The molecule has 0 unspecified atom stereocenters. The van der Waals surface area contributed by atoms with Crippen molar-refractivity contribution in [1.82, 2.24) is 14.5 Å². The molecular formula is C14H19ClN4O. The second kappa shape index (κ2) is 5.40. The number of fused-ring (bicyclic) bond motifs is 1. The number of halogens is 1. The SMILES string of the molecule is Cc1cnc2c(c1)nc(CCCl)n2C(C)(C)CC(N)=O. The van der Waals surface area contributed by atoms with Crippen molar-refractivity contribution in [2.75, 3.05) is 5.88 Å². The Morgan fingerprint density at radius 3 is 2.80 bits per heavy atom. The Kier molecular flexibility index (Phi) is 3.99. The van der Waals surface area contributed by atoms with Crippen molar-refractivity contribution in [1.29, 1.82) is 0 Å². The highest BCUT2D eigenvalue weighted by Gasteiger charge is 2.28. The number of aromatic nitrogens is 3. The fourth-order valence-electron chi connectivity index (χ4n) is 2.51. The molecule has 1 amide bonds. The van der Waals surface area contributed by atoms with Gasteiger partial charge in [-0.1, -0.05) is 0 Å². The smallest absolute Gasteiger partial charge is 0.219 e. The zero-order valence-corrected chi connectivity index (χ0v) is 12.7. The van der Waals surface area contributed by atoms with Gasteiger partial charge in [0.05, 0.1) is 5.54 Å². The third-order valence-electron chi connectivity index (χ3n) is 3.23. The molecule has 0 spiro atoms. The van der Waals surface area contributed by atoms with Gasteiger partial charge in [-0.15, -0.1) is 11.6 Å². The monoisotopic (exact) mass is 294 g/mol. The summed E-state index contributed by atoms with van der Waals surface area (Å²) in [6, 6.07) is 1.98. The fourth-order valence-corrected chi connectivity index (χ4v) is 2.68. The summed E-state index contributed by atoms with van der Waals surface area (Å²) >= 11 is 5.86. The van der Waals surface area contributed by atoms with Crippen LogP contribution in [0.1, 0.15) is 31.7 Å². The lowest BCUT2D eigenvalue weighted by Crippen LogP contribution is -2.33. The maximum atomic E-state index is 11.3. The molecule has 6 heteroatoms. The van der Waals surface area contributed by atoms with Gasteiger partial charge < -0.3 is 10.3 Å². The van der Waals surface area contributed by atoms with Crippen LogP contribution in [0.2, 0.25) is 0 Å². The second-order valence-electron chi connectivity index (χ2n) is 5.61. The maximum Gasteiger partial charge on any atom is 0.219 e. The van der Waals surface area contributed by atoms with Crippen molar-refractivity contribution in [3.8, 4) is 0 Å². The van der Waals surface area contributed by atoms with Gasteiger partial charge in [0, 0.05) is 24.9 Å². The number of amides is 1. The summed E-state index contributed by atoms with van der Waals surface area (Å²) in [6.45, 7) is 5.89. The summed E-state index contributed by atoms with van der Waals surface area (Å²) in [5, 5.41) is 0. The predicted octanol–water partition coefficient (Wildman–Crippen LogP) is 2.13. The predicted molar refractivity (Wildman–Crippen MR) is 79.8 cm³/mol. The number of carbonyl (C=O) groups is 1. The Bertz CT molecular complexity index is 648. The molecule has 108 valence electrons. The Morgan fingerprint density at radius 1 is 1.50 bits per heavy atom. The number of hydrogen-bond donors (Lipinski definition) is 1. The van der Waals surface area contributed by atoms with Crippen LogP contribution in [0.25, 0.3) is 11.2 Å². The Labute approximate surface area is 123 Å². The normalized spacial score (nSPS) is 12.0. The fraction of sp³-hybridized carbons (Fsp3) is 0.500. The van der Waals surface area contributed by atoms with E-state index in [9.17, 15) is 4.79 Å². The highest BCUT2D eigenvalue weighted by Crippen LogP contribution is 2.27. The van der Waals surface area contributed by atoms with E-state index in [0.717, 1.165) is 22.6 Å². The van der Waals surface area contributed by atoms with Crippen molar-refractivity contribution >= 4 is 28.7 Å². The standard InChI is InChI=1S/C14H19ClN4O/c1-9-6-10-13(17-8-9)19(12(18-10)4-5-15)14(2,3)7-11(16)20/h6,8H,4-5,7H2,1-3H3,(H2,16,20). The molecule has 0 radical (unpaired) electrons. The van der Waals surface area contributed by atoms with E-state index in [4.69, 9.17) is 17.3 Å². The van der Waals surface area contributed by atoms with Crippen LogP contribution in [0.5, 0.6) is 0 Å². The topological polar surface area (TPSA) is 73.8 Å². The average molecular weight is 295 g/mol. The minimum atomic E-state index is -0.482. The van der Waals surface area contributed by atoms with E-state index in [1.165, 1.54) is 0 Å². The van der Waals surface area contributed by atoms with Crippen LogP contribution in [-0.2, 0) is 16.8 Å². The summed E-state index contributed by atoms with van der Waals surface area (Å²) in [6.07, 6.45) is 2.65. The van der Waals surface area contributed by atoms with E-state index in [-0.39, 0.29) is 12.3 Å². The first-order valence-corrected chi connectivity index (χ1v) is 7.07. The summed E-state index contributed by atoms with van der Waals surface area (Å²) in [7, 11) is 0. The Hall–Kier alpha value is -1.62. The Balaban J connectivity index is 2.64. The molecule has 0 aliphatic heterocycles. The van der Waals surface area contributed by atoms with Gasteiger partial charge in [-0.25, -0.2) is 9.97 Å². The number of rotatable bonds is 5. The molecule has 0 saturated heterocycles. The number of aryl methyl sites for hydroxylation is 2. The zero-order chi connectivity index (χ0) is 14.9. The van der Waals surface area contributed by atoms with Crippen molar-refractivity contribution in [3.05, 3.63) is 23.7 Å². The average Bonchev–Trinajstić information content (AvgIpc) is 2.65. The molecule has 5 nitrogen and oxygen atoms in total. The van der Waals surface area contributed by atoms with Crippen LogP contribution in [0.4, 0.5) is 0 Å². The quantitative estimate of drug-likeness (QED) is 0.859. The van der Waals surface area contributed by atoms with Crippen molar-refractivity contribution in [3.63, 3.8) is 0 Å². The first kappa shape index (κ1) is 14.8. The molecule has 0 fully saturated rings. The molecule has 0 aromatic carbocycles. The third kappa shape index (κ3) is 2.77. The van der Waals surface area contributed by atoms with Gasteiger partial charge in [0.2, 0.25) is 5.91 Å². The van der Waals surface area contributed by atoms with Gasteiger partial charge in [-0.05, 0) is 32.4 Å². The van der Waals surface area contributed by atoms with Crippen LogP contribution < -0.4 is 5.73 Å². The minimum Gasteiger partial charge on any atom is -0.370 e. The minimum absolute atomic E-state index is 0.225. The van der Waals surface area contributed by atoms with Gasteiger partial charge >= 0.3 is 0 Å². The lowest BCUT2D eigenvalue weighted by atomic mass is 9.99. The summed E-state index contributed by atoms with van der Waals surface area (Å²) < 4.78 is 1.98. The van der Waals surface area contributed by atoms with Gasteiger partial charge in [0.1, 0.15) is 11.3 Å². The number of nitrogens with zero attached hydrogens (tertiary/aromatic N) is 3. The van der Waals surface area contributed by atoms with E-state index < -0.39 is 5.54 Å². The molecule has 0 bridgehead atoms. The van der Waals surface area contributed by atoms with Crippen molar-refractivity contribution < 1.29 is 4.79 Å². The second-order valence-corrected chi connectivity index (χ2v) is 5.99. The van der Waals surface area contributed by atoms with E-state index in [1.54, 1.807) is 6.20 Å². The molecule has 20 heavy (non-hydrogen) atoms. The summed E-state index contributed by atoms with van der Waals surface area (Å²) in [5.41, 5.74) is 7.51. The van der Waals surface area contributed by atoms with Crippen molar-refractivity contribution in [2.45, 2.75) is 39.2 Å². The molecule has 2 heterocycles. The molecule has 0 atom stereocenters. The highest BCUT2D eigenvalue weighted by molar-refractivity contribution is 6.17. The van der Waals surface area contributed by atoms with Crippen LogP contribution in [0, 0.1) is 6.92 Å². The molecule has 2 aromatic heterocycles. The van der Waals surface area contributed by atoms with E-state index in [1.807, 2.05) is 31.4 Å². The molecule has 0 aliphatic rings. The van der Waals surface area contributed by atoms with Crippen LogP contribution in [0.3, 0.4) is 0 Å². The van der Waals surface area contributed by atoms with Gasteiger partial charge in [-0.2, -0.15) is 0 Å². The van der Waals surface area contributed by atoms with E-state index in [0.29, 0.717) is 12.3 Å². The molecule has 2 aromatic rings. The first-order chi connectivity index (χ1) is 9.35. The molecular weight excluding hydrogens is 276 g/mol. The summed E-state index contributed by atoms with van der Waals surface area (Å²) in [5.74, 6) is 0.953. The van der Waals surface area contributed by atoms with Gasteiger partial charge in [-0.3, -0.25) is 4.79 Å². The zero-order valence-electron chi connectivity index (χ0n) is 12.0. The van der Waals surface area contributed by atoms with Gasteiger partial charge in [0.25, 0.3) is 0 Å². The first-order valence-electron chi connectivity index (χ1n) is 6.54. The summed E-state index contributed by atoms with van der Waals surface area (Å²) in [4.78, 5) is 20.4. The van der Waals surface area contributed by atoms with E-state index in [2.05, 4.69) is 9.97 Å². The Morgan fingerprint density at radius 2 is 2.20 bits per heavy atom. The highest BCUT2D eigenvalue weighted by atomic mass is 35.5. The van der Waals surface area contributed by atoms with E-state index >= 15 is 0 Å². The lowest BCUT2D eigenvalue weighted by Gasteiger charge is -2.27. The van der Waals surface area contributed by atoms with Gasteiger partial charge in [0.15, 0.2) is 5.65 Å². The number of primary amides is 1. The molecule has 0 saturated carbocycles. The van der Waals surface area contributed by atoms with Crippen LogP contribution >= 0.6 is 11.6 Å². The molecule has 0 aliphatic carbocycles. The number of alkyl halides is 1.